The molecule has 2 rings (SSSR count). The maximum atomic E-state index is 12.8. The number of aliphatic hydroxyl groups is 1. The Balaban J connectivity index is 2.20. The third kappa shape index (κ3) is 10.6. The number of carbonyl (C=O) groups is 1. The highest BCUT2D eigenvalue weighted by atomic mass is 32.1. The predicted molar refractivity (Wildman–Crippen MR) is 166 cm³/mol. The normalized spacial score (nSPS) is 14.3. The molecule has 2 atom stereocenters. The average molecular weight is 593 g/mol. The number of aromatic nitrogens is 1. The van der Waals surface area contributed by atoms with Gasteiger partial charge in [0.25, 0.3) is 0 Å². The fourth-order valence-corrected chi connectivity index (χ4v) is 5.90. The summed E-state index contributed by atoms with van der Waals surface area (Å²) < 4.78 is 18.1. The summed E-state index contributed by atoms with van der Waals surface area (Å²) >= 11 is 1.52. The zero-order chi connectivity index (χ0) is 30.3. The van der Waals surface area contributed by atoms with E-state index < -0.39 is 26.1 Å². The SMILES string of the molecule is CC(C)[C@@H](C[C@@H](O)c1nc(CO[Si](C)(C)C(C)(C)C)c(CCOCc2ccccc2)s1)N(C)C(=O)OC(C)(C)C. The molecule has 0 aliphatic rings. The molecule has 2 aromatic rings. The van der Waals surface area contributed by atoms with Gasteiger partial charge in [-0.3, -0.25) is 0 Å². The van der Waals surface area contributed by atoms with E-state index in [0.29, 0.717) is 37.7 Å². The maximum Gasteiger partial charge on any atom is 0.410 e. The van der Waals surface area contributed by atoms with E-state index in [4.69, 9.17) is 18.9 Å². The standard InChI is InChI=1S/C31H52N2O5SSi/c1-22(2)25(33(9)29(35)38-30(3,4)5)19-26(34)28-32-24(21-37-40(10,11)31(6,7)8)27(39-28)17-18-36-20-23-15-13-12-14-16-23/h12-16,22,25-26,34H,17-21H2,1-11H3/t25-,26-/m1/s1. The van der Waals surface area contributed by atoms with E-state index in [1.54, 1.807) is 11.9 Å². The summed E-state index contributed by atoms with van der Waals surface area (Å²) in [6.07, 6.45) is -0.142. The van der Waals surface area contributed by atoms with E-state index in [-0.39, 0.29) is 17.0 Å². The van der Waals surface area contributed by atoms with Gasteiger partial charge in [0.05, 0.1) is 25.5 Å². The van der Waals surface area contributed by atoms with Crippen molar-refractivity contribution in [1.29, 1.82) is 0 Å². The Labute approximate surface area is 247 Å². The van der Waals surface area contributed by atoms with Crippen LogP contribution in [0.4, 0.5) is 4.79 Å². The molecule has 7 nitrogen and oxygen atoms in total. The van der Waals surface area contributed by atoms with Crippen LogP contribution in [-0.2, 0) is 33.5 Å². The molecular weight excluding hydrogens is 541 g/mol. The predicted octanol–water partition coefficient (Wildman–Crippen LogP) is 7.74. The van der Waals surface area contributed by atoms with Gasteiger partial charge in [-0.15, -0.1) is 11.3 Å². The first-order valence-electron chi connectivity index (χ1n) is 14.3. The molecular formula is C31H52N2O5SSi. The van der Waals surface area contributed by atoms with Crippen LogP contribution >= 0.6 is 11.3 Å². The molecule has 1 aromatic heterocycles. The lowest BCUT2D eigenvalue weighted by Crippen LogP contribution is -2.44. The van der Waals surface area contributed by atoms with Crippen LogP contribution in [0.25, 0.3) is 0 Å². The van der Waals surface area contributed by atoms with Gasteiger partial charge in [0.2, 0.25) is 0 Å². The van der Waals surface area contributed by atoms with Crippen LogP contribution in [0, 0.1) is 5.92 Å². The Morgan fingerprint density at radius 2 is 1.70 bits per heavy atom. The van der Waals surface area contributed by atoms with Crippen LogP contribution in [0.3, 0.4) is 0 Å². The largest absolute Gasteiger partial charge is 0.444 e. The summed E-state index contributed by atoms with van der Waals surface area (Å²) in [6.45, 7) is 22.3. The molecule has 0 fully saturated rings. The van der Waals surface area contributed by atoms with Crippen molar-refractivity contribution in [1.82, 2.24) is 9.88 Å². The number of rotatable bonds is 13. The number of hydrogen-bond acceptors (Lipinski definition) is 7. The third-order valence-electron chi connectivity index (χ3n) is 7.45. The second kappa shape index (κ2) is 14.4. The number of benzene rings is 1. The first-order chi connectivity index (χ1) is 18.4. The molecule has 1 aromatic carbocycles. The molecule has 0 unspecified atom stereocenters. The van der Waals surface area contributed by atoms with Gasteiger partial charge < -0.3 is 23.9 Å². The second-order valence-electron chi connectivity index (χ2n) is 13.4. The summed E-state index contributed by atoms with van der Waals surface area (Å²) in [5.41, 5.74) is 1.42. The summed E-state index contributed by atoms with van der Waals surface area (Å²) in [4.78, 5) is 20.3. The van der Waals surface area contributed by atoms with Crippen molar-refractivity contribution in [2.45, 2.75) is 117 Å². The molecule has 0 aliphatic carbocycles. The summed E-state index contributed by atoms with van der Waals surface area (Å²) in [5.74, 6) is 0.124. The topological polar surface area (TPSA) is 81.1 Å². The Morgan fingerprint density at radius 3 is 2.25 bits per heavy atom. The van der Waals surface area contributed by atoms with Gasteiger partial charge in [-0.2, -0.15) is 0 Å². The van der Waals surface area contributed by atoms with Crippen molar-refractivity contribution in [3.8, 4) is 0 Å². The fraction of sp³-hybridized carbons (Fsp3) is 0.677. The Morgan fingerprint density at radius 1 is 1.07 bits per heavy atom. The monoisotopic (exact) mass is 592 g/mol. The Bertz CT molecular complexity index is 1060. The molecule has 0 aliphatic heterocycles. The van der Waals surface area contributed by atoms with Crippen LogP contribution in [0.2, 0.25) is 18.1 Å². The van der Waals surface area contributed by atoms with E-state index in [1.165, 1.54) is 11.3 Å². The van der Waals surface area contributed by atoms with Gasteiger partial charge >= 0.3 is 6.09 Å². The lowest BCUT2D eigenvalue weighted by Gasteiger charge is -2.36. The highest BCUT2D eigenvalue weighted by molar-refractivity contribution is 7.11. The second-order valence-corrected chi connectivity index (χ2v) is 19.3. The summed E-state index contributed by atoms with van der Waals surface area (Å²) in [7, 11) is -0.249. The zero-order valence-corrected chi connectivity index (χ0v) is 28.4. The molecule has 0 spiro atoms. The Kier molecular flexibility index (Phi) is 12.4. The Hall–Kier alpha value is -1.78. The maximum absolute atomic E-state index is 12.8. The molecule has 40 heavy (non-hydrogen) atoms. The van der Waals surface area contributed by atoms with Gasteiger partial charge in [0.1, 0.15) is 16.7 Å². The van der Waals surface area contributed by atoms with Crippen molar-refractivity contribution in [2.75, 3.05) is 13.7 Å². The molecule has 0 bridgehead atoms. The molecule has 1 amide bonds. The van der Waals surface area contributed by atoms with Crippen LogP contribution in [-0.4, -0.2) is 54.7 Å². The smallest absolute Gasteiger partial charge is 0.410 e. The summed E-state index contributed by atoms with van der Waals surface area (Å²) in [6, 6.07) is 9.92. The number of nitrogens with zero attached hydrogens (tertiary/aromatic N) is 2. The van der Waals surface area contributed by atoms with Crippen molar-refractivity contribution >= 4 is 25.7 Å². The number of hydrogen-bond donors (Lipinski definition) is 1. The van der Waals surface area contributed by atoms with Crippen molar-refractivity contribution in [2.24, 2.45) is 5.92 Å². The number of thiazole rings is 1. The molecule has 1 heterocycles. The van der Waals surface area contributed by atoms with E-state index >= 15 is 0 Å². The van der Waals surface area contributed by atoms with Gasteiger partial charge in [0, 0.05) is 30.8 Å². The van der Waals surface area contributed by atoms with Crippen molar-refractivity contribution < 1.29 is 23.8 Å². The average Bonchev–Trinajstić information content (AvgIpc) is 3.25. The van der Waals surface area contributed by atoms with Crippen LogP contribution in [0.5, 0.6) is 0 Å². The zero-order valence-electron chi connectivity index (χ0n) is 26.5. The van der Waals surface area contributed by atoms with E-state index in [0.717, 1.165) is 16.1 Å². The van der Waals surface area contributed by atoms with E-state index in [1.807, 2.05) is 52.8 Å². The first kappa shape index (κ1) is 34.4. The minimum absolute atomic E-state index is 0.0844. The lowest BCUT2D eigenvalue weighted by atomic mass is 9.97. The molecule has 1 N–H and O–H groups in total. The molecule has 0 saturated carbocycles. The van der Waals surface area contributed by atoms with Gasteiger partial charge in [-0.25, -0.2) is 9.78 Å². The summed E-state index contributed by atoms with van der Waals surface area (Å²) in [5, 5.41) is 12.1. The lowest BCUT2D eigenvalue weighted by molar-refractivity contribution is 0.0106. The minimum atomic E-state index is -1.99. The quantitative estimate of drug-likeness (QED) is 0.189. The fourth-order valence-electron chi connectivity index (χ4n) is 3.92. The van der Waals surface area contributed by atoms with Crippen LogP contribution in [0.1, 0.15) is 89.1 Å². The van der Waals surface area contributed by atoms with E-state index in [9.17, 15) is 9.90 Å². The first-order valence-corrected chi connectivity index (χ1v) is 18.0. The number of carbonyl (C=O) groups excluding carboxylic acids is 1. The molecule has 226 valence electrons. The van der Waals surface area contributed by atoms with E-state index in [2.05, 4.69) is 46.0 Å². The molecule has 0 radical (unpaired) electrons. The number of aliphatic hydroxyl groups excluding tert-OH is 1. The number of ether oxygens (including phenoxy) is 2. The third-order valence-corrected chi connectivity index (χ3v) is 13.2. The minimum Gasteiger partial charge on any atom is -0.444 e. The van der Waals surface area contributed by atoms with Crippen LogP contribution < -0.4 is 0 Å². The highest BCUT2D eigenvalue weighted by Gasteiger charge is 2.37. The highest BCUT2D eigenvalue weighted by Crippen LogP contribution is 2.38. The number of amides is 1. The van der Waals surface area contributed by atoms with Crippen molar-refractivity contribution in [3.05, 3.63) is 51.5 Å². The van der Waals surface area contributed by atoms with Crippen molar-refractivity contribution in [3.63, 3.8) is 0 Å². The molecule has 0 saturated heterocycles. The molecule has 9 heteroatoms. The van der Waals surface area contributed by atoms with Gasteiger partial charge in [-0.1, -0.05) is 65.0 Å². The van der Waals surface area contributed by atoms with Crippen LogP contribution in [0.15, 0.2) is 30.3 Å². The van der Waals surface area contributed by atoms with Gasteiger partial charge in [-0.05, 0) is 50.4 Å². The van der Waals surface area contributed by atoms with Gasteiger partial charge in [0.15, 0.2) is 8.32 Å².